The van der Waals surface area contributed by atoms with Crippen molar-refractivity contribution in [1.82, 2.24) is 25.5 Å². The lowest BCUT2D eigenvalue weighted by Crippen LogP contribution is -2.41. The van der Waals surface area contributed by atoms with Crippen LogP contribution in [0.1, 0.15) is 60.9 Å². The molecule has 0 bridgehead atoms. The second-order valence-electron chi connectivity index (χ2n) is 12.8. The first-order chi connectivity index (χ1) is 25.9. The Labute approximate surface area is 308 Å². The van der Waals surface area contributed by atoms with E-state index < -0.39 is 29.7 Å². The molecule has 2 aliphatic heterocycles. The minimum Gasteiger partial charge on any atom is -0.497 e. The first kappa shape index (κ1) is 38.1. The SMILES string of the molecule is COc1ccc(-n2nc(C(F)(F)F)c3c2C(=O)N(c2ccc(C(=O)N(C)C)cc2)CC3)c(C(=O)N[C@@H](CCCN)CONCc2ccc3c(c2)OCO3)c1. The molecule has 0 spiro atoms. The third-order valence-electron chi connectivity index (χ3n) is 8.99. The fraction of sp³-hybridized carbons (Fsp3) is 0.351. The Hall–Kier alpha value is -5.65. The average Bonchev–Trinajstić information content (AvgIpc) is 3.80. The topological polar surface area (TPSA) is 163 Å². The summed E-state index contributed by atoms with van der Waals surface area (Å²) in [6.45, 7) is 0.773. The molecule has 2 aliphatic rings. The maximum absolute atomic E-state index is 14.4. The highest BCUT2D eigenvalue weighted by Gasteiger charge is 2.44. The number of fused-ring (bicyclic) bond motifs is 2. The molecule has 0 aliphatic carbocycles. The number of hydrogen-bond acceptors (Lipinski definition) is 10. The van der Waals surface area contributed by atoms with E-state index in [1.54, 1.807) is 44.4 Å². The van der Waals surface area contributed by atoms with E-state index in [2.05, 4.69) is 15.9 Å². The Bertz CT molecular complexity index is 2020. The number of aromatic nitrogens is 2. The van der Waals surface area contributed by atoms with Gasteiger partial charge in [0.25, 0.3) is 17.7 Å². The van der Waals surface area contributed by atoms with E-state index in [-0.39, 0.29) is 60.5 Å². The van der Waals surface area contributed by atoms with Crippen molar-refractivity contribution in [3.8, 4) is 22.9 Å². The van der Waals surface area contributed by atoms with Gasteiger partial charge in [-0.15, -0.1) is 0 Å². The Balaban J connectivity index is 1.27. The zero-order valence-electron chi connectivity index (χ0n) is 29.9. The van der Waals surface area contributed by atoms with Crippen LogP contribution in [0.4, 0.5) is 18.9 Å². The van der Waals surface area contributed by atoms with E-state index in [0.29, 0.717) is 48.7 Å². The maximum Gasteiger partial charge on any atom is 0.435 e. The number of anilines is 1. The quantitative estimate of drug-likeness (QED) is 0.126. The van der Waals surface area contributed by atoms with E-state index in [0.717, 1.165) is 10.2 Å². The predicted octanol–water partition coefficient (Wildman–Crippen LogP) is 4.09. The number of hydrogen-bond donors (Lipinski definition) is 3. The number of nitrogens with zero attached hydrogens (tertiary/aromatic N) is 4. The first-order valence-electron chi connectivity index (χ1n) is 17.1. The molecule has 0 fully saturated rings. The van der Waals surface area contributed by atoms with Crippen molar-refractivity contribution < 1.29 is 46.6 Å². The summed E-state index contributed by atoms with van der Waals surface area (Å²) in [7, 11) is 4.60. The Morgan fingerprint density at radius 3 is 2.52 bits per heavy atom. The van der Waals surface area contributed by atoms with E-state index in [1.807, 2.05) is 12.1 Å². The Morgan fingerprint density at radius 1 is 1.06 bits per heavy atom. The van der Waals surface area contributed by atoms with Gasteiger partial charge in [0.1, 0.15) is 11.4 Å². The van der Waals surface area contributed by atoms with Crippen LogP contribution in [0.2, 0.25) is 0 Å². The van der Waals surface area contributed by atoms with Gasteiger partial charge < -0.3 is 35.1 Å². The molecular weight excluding hydrogens is 711 g/mol. The van der Waals surface area contributed by atoms with Gasteiger partial charge >= 0.3 is 6.18 Å². The lowest BCUT2D eigenvalue weighted by molar-refractivity contribution is -0.141. The van der Waals surface area contributed by atoms with Crippen molar-refractivity contribution in [2.75, 3.05) is 52.6 Å². The van der Waals surface area contributed by atoms with E-state index in [9.17, 15) is 27.6 Å². The fourth-order valence-electron chi connectivity index (χ4n) is 6.23. The minimum absolute atomic E-state index is 0.0252. The highest BCUT2D eigenvalue weighted by atomic mass is 19.4. The van der Waals surface area contributed by atoms with Gasteiger partial charge in [0, 0.05) is 44.0 Å². The number of ether oxygens (including phenoxy) is 3. The molecule has 3 heterocycles. The second kappa shape index (κ2) is 16.2. The first-order valence-corrected chi connectivity index (χ1v) is 17.1. The molecule has 3 aromatic carbocycles. The van der Waals surface area contributed by atoms with E-state index in [1.165, 1.54) is 35.1 Å². The van der Waals surface area contributed by atoms with E-state index in [4.69, 9.17) is 24.8 Å². The highest BCUT2D eigenvalue weighted by molar-refractivity contribution is 6.08. The molecule has 0 unspecified atom stereocenters. The van der Waals surface area contributed by atoms with Gasteiger partial charge in [-0.25, -0.2) is 4.68 Å². The summed E-state index contributed by atoms with van der Waals surface area (Å²) in [5.41, 5.74) is 8.27. The molecular formula is C37H40F3N7O7. The zero-order valence-corrected chi connectivity index (χ0v) is 29.9. The van der Waals surface area contributed by atoms with Gasteiger partial charge in [-0.05, 0) is 86.0 Å². The predicted molar refractivity (Wildman–Crippen MR) is 190 cm³/mol. The van der Waals surface area contributed by atoms with Crippen LogP contribution in [0.15, 0.2) is 60.7 Å². The summed E-state index contributed by atoms with van der Waals surface area (Å²) in [5.74, 6) is -0.140. The van der Waals surface area contributed by atoms with Gasteiger partial charge in [0.2, 0.25) is 6.79 Å². The smallest absolute Gasteiger partial charge is 0.435 e. The number of benzene rings is 3. The third-order valence-corrected chi connectivity index (χ3v) is 8.99. The van der Waals surface area contributed by atoms with E-state index >= 15 is 0 Å². The highest BCUT2D eigenvalue weighted by Crippen LogP contribution is 2.38. The van der Waals surface area contributed by atoms with Crippen molar-refractivity contribution in [1.29, 1.82) is 0 Å². The molecule has 0 radical (unpaired) electrons. The number of rotatable bonds is 14. The van der Waals surface area contributed by atoms with Gasteiger partial charge in [-0.1, -0.05) is 6.07 Å². The lowest BCUT2D eigenvalue weighted by Gasteiger charge is -2.28. The van der Waals surface area contributed by atoms with Crippen LogP contribution < -0.4 is 35.6 Å². The van der Waals surface area contributed by atoms with Crippen LogP contribution >= 0.6 is 0 Å². The molecule has 4 N–H and O–H groups in total. The summed E-state index contributed by atoms with van der Waals surface area (Å²) >= 11 is 0. The second-order valence-corrected chi connectivity index (χ2v) is 12.8. The number of methoxy groups -OCH3 is 1. The molecule has 1 atom stereocenters. The Kier molecular flexibility index (Phi) is 11.4. The number of halogens is 3. The largest absolute Gasteiger partial charge is 0.497 e. The maximum atomic E-state index is 14.4. The molecule has 1 aromatic heterocycles. The normalized spacial score (nSPS) is 14.1. The van der Waals surface area contributed by atoms with Gasteiger partial charge in [-0.3, -0.25) is 19.2 Å². The fourth-order valence-corrected chi connectivity index (χ4v) is 6.23. The van der Waals surface area contributed by atoms with Crippen molar-refractivity contribution in [2.45, 2.75) is 38.0 Å². The summed E-state index contributed by atoms with van der Waals surface area (Å²) in [5, 5.41) is 6.82. The van der Waals surface area contributed by atoms with Crippen LogP contribution in [-0.4, -0.2) is 86.1 Å². The van der Waals surface area contributed by atoms with Crippen LogP contribution in [-0.2, 0) is 24.0 Å². The van der Waals surface area contributed by atoms with Crippen LogP contribution in [0.3, 0.4) is 0 Å². The molecule has 17 heteroatoms. The van der Waals surface area contributed by atoms with Crippen molar-refractivity contribution >= 4 is 23.4 Å². The number of amides is 3. The van der Waals surface area contributed by atoms with Gasteiger partial charge in [0.15, 0.2) is 17.2 Å². The molecule has 0 saturated carbocycles. The van der Waals surface area contributed by atoms with Gasteiger partial charge in [-0.2, -0.15) is 23.8 Å². The number of carbonyl (C=O) groups is 3. The zero-order chi connectivity index (χ0) is 38.6. The monoisotopic (exact) mass is 751 g/mol. The molecule has 286 valence electrons. The summed E-state index contributed by atoms with van der Waals surface area (Å²) in [4.78, 5) is 49.0. The minimum atomic E-state index is -4.89. The Morgan fingerprint density at radius 2 is 1.81 bits per heavy atom. The molecule has 6 rings (SSSR count). The molecule has 14 nitrogen and oxygen atoms in total. The standard InChI is InChI=1S/C37H40F3N7O7/c1-45(2)35(49)23-7-9-25(10-8-23)46-16-14-27-32(36(46)50)47(44-33(27)37(38,39)40)29-12-11-26(51-3)18-28(29)34(48)43-24(5-4-15-41)20-54-42-19-22-6-13-30-31(17-22)53-21-52-30/h6-13,17-18,24,42H,4-5,14-16,19-21,41H2,1-3H3,(H,43,48)/t24-/m0/s1. The number of alkyl halides is 3. The van der Waals surface area contributed by atoms with Crippen molar-refractivity contribution in [2.24, 2.45) is 5.73 Å². The lowest BCUT2D eigenvalue weighted by atomic mass is 10.0. The third kappa shape index (κ3) is 8.12. The van der Waals surface area contributed by atoms with Crippen LogP contribution in [0.25, 0.3) is 5.69 Å². The number of hydroxylamine groups is 1. The van der Waals surface area contributed by atoms with Gasteiger partial charge in [0.05, 0.1) is 31.0 Å². The number of carbonyl (C=O) groups excluding carboxylic acids is 3. The van der Waals surface area contributed by atoms with Crippen LogP contribution in [0.5, 0.6) is 17.2 Å². The molecule has 0 saturated heterocycles. The summed E-state index contributed by atoms with van der Waals surface area (Å²) in [6, 6.07) is 15.3. The molecule has 3 amide bonds. The van der Waals surface area contributed by atoms with Crippen molar-refractivity contribution in [3.63, 3.8) is 0 Å². The average molecular weight is 752 g/mol. The number of nitrogens with two attached hydrogens (primary N) is 1. The number of nitrogens with one attached hydrogen (secondary N) is 2. The molecule has 54 heavy (non-hydrogen) atoms. The van der Waals surface area contributed by atoms with Crippen LogP contribution in [0, 0.1) is 0 Å². The molecule has 4 aromatic rings. The summed E-state index contributed by atoms with van der Waals surface area (Å²) in [6.07, 6.45) is -4.09. The van der Waals surface area contributed by atoms with Crippen molar-refractivity contribution in [3.05, 3.63) is 94.3 Å². The summed E-state index contributed by atoms with van der Waals surface area (Å²) < 4.78 is 60.3.